The summed E-state index contributed by atoms with van der Waals surface area (Å²) in [5.74, 6) is -0.505. The van der Waals surface area contributed by atoms with Gasteiger partial charge in [-0.3, -0.25) is 0 Å². The first-order chi connectivity index (χ1) is 45.6. The van der Waals surface area contributed by atoms with Gasteiger partial charge in [-0.25, -0.2) is 8.78 Å². The van der Waals surface area contributed by atoms with Crippen LogP contribution in [-0.4, -0.2) is 0 Å². The molecule has 17 rings (SSSR count). The molecule has 0 heterocycles. The fraction of sp³-hybridized carbons (Fsp3) is 0.165. The topological polar surface area (TPSA) is 6.48 Å². The summed E-state index contributed by atoms with van der Waals surface area (Å²) in [5, 5.41) is 0. The van der Waals surface area contributed by atoms with E-state index in [1.807, 2.05) is 24.3 Å². The molecule has 0 atom stereocenters. The number of fused-ring (bicyclic) bond motifs is 15. The number of hydrogen-bond donors (Lipinski definition) is 0. The van der Waals surface area contributed by atoms with Crippen molar-refractivity contribution < 1.29 is 8.78 Å². The van der Waals surface area contributed by atoms with Gasteiger partial charge in [-0.1, -0.05) is 239 Å². The first-order valence-electron chi connectivity index (χ1n) is 33.5. The molecular weight excluding hydrogens is 1160 g/mol. The van der Waals surface area contributed by atoms with E-state index in [4.69, 9.17) is 0 Å². The molecule has 462 valence electrons. The second-order valence-electron chi connectivity index (χ2n) is 29.6. The molecule has 5 aliphatic carbocycles. The second-order valence-corrected chi connectivity index (χ2v) is 29.6. The standard InChI is InChI=1S/C91H74F2N2/c1-87(2)77-17-13-11-15-67(77)73-43-35-63(51-83(73)87)94(61-31-27-59(92)28-32-61)65-37-45-75-71-41-25-57(49-81(71)90(7,8)85(75)53-65)21-19-55-23-39-69-70-40-24-56(48-80(70)89(5,6)79(69)47-55)20-22-58-26-42-72-76-46-38-66(54-86(76)91(9,10)82(72)50-58)95(62-33-29-60(93)30-34-62)64-36-44-74-68-16-12-14-18-78(68)88(3,4)84(74)52-64/h11-54H,1-10H3/b21-19+,22-20+. The van der Waals surface area contributed by atoms with Gasteiger partial charge in [-0.2, -0.15) is 0 Å². The SMILES string of the molecule is CC1(C)c2cc(/C=C/c3ccc4c(c3)C(C)(C)c3cc(N(c5ccc(F)cc5)c5ccc6c(c5)C(C)(C)c5ccccc5-6)ccc3-4)ccc2-c2ccc(/C=C/c3ccc4c(c3)C(C)(C)c3cc(N(c5ccc(F)cc5)c5ccc6c(c5)C(C)(C)c5ccccc5-6)ccc3-4)cc21. The highest BCUT2D eigenvalue weighted by molar-refractivity contribution is 5.93. The normalized spacial score (nSPS) is 15.9. The van der Waals surface area contributed by atoms with Gasteiger partial charge >= 0.3 is 0 Å². The van der Waals surface area contributed by atoms with E-state index in [1.165, 1.54) is 122 Å². The first kappa shape index (κ1) is 58.4. The maximum Gasteiger partial charge on any atom is 0.123 e. The lowest BCUT2D eigenvalue weighted by molar-refractivity contribution is 0.627. The van der Waals surface area contributed by atoms with Crippen LogP contribution in [-0.2, 0) is 27.1 Å². The van der Waals surface area contributed by atoms with Crippen molar-refractivity contribution in [1.82, 2.24) is 0 Å². The third-order valence-electron chi connectivity index (χ3n) is 22.4. The fourth-order valence-electron chi connectivity index (χ4n) is 17.1. The highest BCUT2D eigenvalue weighted by atomic mass is 19.1. The number of anilines is 6. The van der Waals surface area contributed by atoms with Crippen LogP contribution in [0.5, 0.6) is 0 Å². The van der Waals surface area contributed by atoms with E-state index in [-0.39, 0.29) is 38.7 Å². The molecule has 12 aromatic rings. The van der Waals surface area contributed by atoms with Gasteiger partial charge in [-0.05, 0) is 231 Å². The van der Waals surface area contributed by atoms with Crippen LogP contribution in [0.2, 0.25) is 0 Å². The second kappa shape index (κ2) is 20.8. The maximum absolute atomic E-state index is 14.6. The molecular formula is C91H74F2N2. The van der Waals surface area contributed by atoms with Crippen molar-refractivity contribution in [2.75, 3.05) is 9.80 Å². The van der Waals surface area contributed by atoms with E-state index in [2.05, 4.69) is 297 Å². The molecule has 0 saturated carbocycles. The van der Waals surface area contributed by atoms with Gasteiger partial charge in [0.2, 0.25) is 0 Å². The lowest BCUT2D eigenvalue weighted by atomic mass is 9.81. The van der Waals surface area contributed by atoms with Crippen LogP contribution >= 0.6 is 0 Å². The van der Waals surface area contributed by atoms with Crippen molar-refractivity contribution >= 4 is 58.4 Å². The number of hydrogen-bond acceptors (Lipinski definition) is 2. The maximum atomic E-state index is 14.6. The molecule has 0 spiro atoms. The minimum Gasteiger partial charge on any atom is -0.310 e. The van der Waals surface area contributed by atoms with Crippen molar-refractivity contribution in [2.24, 2.45) is 0 Å². The van der Waals surface area contributed by atoms with E-state index < -0.39 is 0 Å². The molecule has 4 heteroatoms. The van der Waals surface area contributed by atoms with Gasteiger partial charge in [0.1, 0.15) is 11.6 Å². The molecule has 0 unspecified atom stereocenters. The van der Waals surface area contributed by atoms with E-state index in [0.717, 1.165) is 45.3 Å². The summed E-state index contributed by atoms with van der Waals surface area (Å²) < 4.78 is 29.1. The molecule has 0 amide bonds. The Morgan fingerprint density at radius 2 is 0.411 bits per heavy atom. The van der Waals surface area contributed by atoms with Gasteiger partial charge in [0.25, 0.3) is 0 Å². The zero-order chi connectivity index (χ0) is 65.2. The van der Waals surface area contributed by atoms with Crippen LogP contribution in [0.1, 0.15) is 147 Å². The lowest BCUT2D eigenvalue weighted by Crippen LogP contribution is -2.18. The largest absolute Gasteiger partial charge is 0.310 e. The van der Waals surface area contributed by atoms with Crippen LogP contribution in [0, 0.1) is 11.6 Å². The van der Waals surface area contributed by atoms with Crippen molar-refractivity contribution in [1.29, 1.82) is 0 Å². The molecule has 0 aliphatic heterocycles. The van der Waals surface area contributed by atoms with Crippen LogP contribution in [0.3, 0.4) is 0 Å². The molecule has 0 fully saturated rings. The Balaban J connectivity index is 0.611. The third kappa shape index (κ3) is 8.93. The van der Waals surface area contributed by atoms with Gasteiger partial charge in [0, 0.05) is 61.2 Å². The number of halogens is 2. The number of rotatable bonds is 10. The smallest absolute Gasteiger partial charge is 0.123 e. The van der Waals surface area contributed by atoms with Gasteiger partial charge in [-0.15, -0.1) is 0 Å². The first-order valence-corrected chi connectivity index (χ1v) is 33.5. The van der Waals surface area contributed by atoms with Crippen molar-refractivity contribution in [2.45, 2.75) is 96.3 Å². The lowest BCUT2D eigenvalue weighted by Gasteiger charge is -2.29. The Bertz CT molecular complexity index is 4970. The minimum absolute atomic E-state index is 0.162. The Morgan fingerprint density at radius 1 is 0.211 bits per heavy atom. The zero-order valence-corrected chi connectivity index (χ0v) is 55.6. The minimum atomic E-state index is -0.275. The summed E-state index contributed by atoms with van der Waals surface area (Å²) in [6, 6.07) is 86.5. The van der Waals surface area contributed by atoms with Crippen molar-refractivity contribution in [3.8, 4) is 55.6 Å². The monoisotopic (exact) mass is 1230 g/mol. The highest BCUT2D eigenvalue weighted by Gasteiger charge is 2.41. The molecule has 0 N–H and O–H groups in total. The summed E-state index contributed by atoms with van der Waals surface area (Å²) in [6.45, 7) is 23.4. The predicted octanol–water partition coefficient (Wildman–Crippen LogP) is 24.8. The Morgan fingerprint density at radius 3 is 0.674 bits per heavy atom. The average Bonchev–Trinajstić information content (AvgIpc) is 1.62. The molecule has 95 heavy (non-hydrogen) atoms. The third-order valence-corrected chi connectivity index (χ3v) is 22.4. The molecule has 12 aromatic carbocycles. The van der Waals surface area contributed by atoms with Crippen LogP contribution in [0.25, 0.3) is 79.9 Å². The van der Waals surface area contributed by atoms with E-state index in [0.29, 0.717) is 0 Å². The molecule has 0 bridgehead atoms. The van der Waals surface area contributed by atoms with E-state index >= 15 is 0 Å². The number of benzene rings is 12. The van der Waals surface area contributed by atoms with E-state index in [1.54, 1.807) is 24.3 Å². The average molecular weight is 1230 g/mol. The van der Waals surface area contributed by atoms with Crippen molar-refractivity contribution in [3.05, 3.63) is 332 Å². The van der Waals surface area contributed by atoms with Crippen molar-refractivity contribution in [3.63, 3.8) is 0 Å². The molecule has 2 nitrogen and oxygen atoms in total. The Kier molecular flexibility index (Phi) is 12.8. The highest BCUT2D eigenvalue weighted by Crippen LogP contribution is 2.57. The van der Waals surface area contributed by atoms with E-state index in [9.17, 15) is 8.78 Å². The molecule has 0 radical (unpaired) electrons. The summed E-state index contributed by atoms with van der Waals surface area (Å²) >= 11 is 0. The Hall–Kier alpha value is -10.4. The fourth-order valence-corrected chi connectivity index (χ4v) is 17.1. The van der Waals surface area contributed by atoms with Gasteiger partial charge in [0.15, 0.2) is 0 Å². The van der Waals surface area contributed by atoms with Gasteiger partial charge in [0.05, 0.1) is 0 Å². The van der Waals surface area contributed by atoms with Crippen LogP contribution in [0.4, 0.5) is 42.9 Å². The number of nitrogens with zero attached hydrogens (tertiary/aromatic N) is 2. The zero-order valence-electron chi connectivity index (χ0n) is 55.6. The molecule has 5 aliphatic rings. The summed E-state index contributed by atoms with van der Waals surface area (Å²) in [5.41, 5.74) is 35.4. The Labute approximate surface area is 557 Å². The molecule has 0 saturated heterocycles. The molecule has 0 aromatic heterocycles. The van der Waals surface area contributed by atoms with Crippen LogP contribution < -0.4 is 9.80 Å². The summed E-state index contributed by atoms with van der Waals surface area (Å²) in [6.07, 6.45) is 9.08. The summed E-state index contributed by atoms with van der Waals surface area (Å²) in [4.78, 5) is 4.57. The quantitative estimate of drug-likeness (QED) is 0.126. The predicted molar refractivity (Wildman–Crippen MR) is 394 cm³/mol. The van der Waals surface area contributed by atoms with Gasteiger partial charge < -0.3 is 9.80 Å². The van der Waals surface area contributed by atoms with Crippen LogP contribution in [0.15, 0.2) is 243 Å². The summed E-state index contributed by atoms with van der Waals surface area (Å²) in [7, 11) is 0.